The zero-order valence-corrected chi connectivity index (χ0v) is 9.76. The van der Waals surface area contributed by atoms with Crippen molar-refractivity contribution in [3.8, 4) is 11.5 Å². The largest absolute Gasteiger partial charge is 0.492 e. The van der Waals surface area contributed by atoms with Crippen LogP contribution in [0.25, 0.3) is 0 Å². The molecular formula is C12H16FNO2. The Labute approximate surface area is 94.3 Å². The SMILES string of the molecule is COc1c(C)cc(C2(N)CC2)c(F)c1OC. The van der Waals surface area contributed by atoms with Crippen LogP contribution >= 0.6 is 0 Å². The molecule has 16 heavy (non-hydrogen) atoms. The molecule has 1 saturated carbocycles. The fourth-order valence-electron chi connectivity index (χ4n) is 1.95. The highest BCUT2D eigenvalue weighted by Crippen LogP contribution is 2.48. The fourth-order valence-corrected chi connectivity index (χ4v) is 1.95. The number of ether oxygens (including phenoxy) is 2. The van der Waals surface area contributed by atoms with E-state index >= 15 is 0 Å². The van der Waals surface area contributed by atoms with Gasteiger partial charge >= 0.3 is 0 Å². The molecule has 2 N–H and O–H groups in total. The summed E-state index contributed by atoms with van der Waals surface area (Å²) in [6.45, 7) is 1.86. The van der Waals surface area contributed by atoms with Crippen LogP contribution in [0.3, 0.4) is 0 Å². The maximum Gasteiger partial charge on any atom is 0.197 e. The molecule has 1 aliphatic rings. The number of benzene rings is 1. The van der Waals surface area contributed by atoms with E-state index < -0.39 is 11.4 Å². The van der Waals surface area contributed by atoms with Gasteiger partial charge in [0.05, 0.1) is 14.2 Å². The lowest BCUT2D eigenvalue weighted by Gasteiger charge is -2.17. The Kier molecular flexibility index (Phi) is 2.54. The third-order valence-corrected chi connectivity index (χ3v) is 3.09. The normalized spacial score (nSPS) is 17.1. The van der Waals surface area contributed by atoms with Gasteiger partial charge < -0.3 is 15.2 Å². The van der Waals surface area contributed by atoms with Gasteiger partial charge in [0, 0.05) is 11.1 Å². The van der Waals surface area contributed by atoms with Crippen molar-refractivity contribution in [1.29, 1.82) is 0 Å². The summed E-state index contributed by atoms with van der Waals surface area (Å²) < 4.78 is 24.3. The molecule has 1 aliphatic carbocycles. The van der Waals surface area contributed by atoms with Gasteiger partial charge in [0.25, 0.3) is 0 Å². The van der Waals surface area contributed by atoms with Gasteiger partial charge in [0.2, 0.25) is 0 Å². The monoisotopic (exact) mass is 225 g/mol. The number of rotatable bonds is 3. The van der Waals surface area contributed by atoms with Gasteiger partial charge in [-0.05, 0) is 31.4 Å². The second-order valence-electron chi connectivity index (χ2n) is 4.28. The highest BCUT2D eigenvalue weighted by molar-refractivity contribution is 5.52. The Balaban J connectivity index is 2.61. The minimum Gasteiger partial charge on any atom is -0.492 e. The molecule has 0 saturated heterocycles. The first kappa shape index (κ1) is 11.2. The Bertz CT molecular complexity index is 428. The van der Waals surface area contributed by atoms with E-state index in [4.69, 9.17) is 15.2 Å². The van der Waals surface area contributed by atoms with Crippen LogP contribution in [0.4, 0.5) is 4.39 Å². The van der Waals surface area contributed by atoms with E-state index in [1.807, 2.05) is 6.92 Å². The number of methoxy groups -OCH3 is 2. The maximum absolute atomic E-state index is 14.2. The summed E-state index contributed by atoms with van der Waals surface area (Å²) in [6.07, 6.45) is 1.64. The van der Waals surface area contributed by atoms with Crippen molar-refractivity contribution < 1.29 is 13.9 Å². The van der Waals surface area contributed by atoms with Gasteiger partial charge in [-0.15, -0.1) is 0 Å². The summed E-state index contributed by atoms with van der Waals surface area (Å²) in [4.78, 5) is 0. The summed E-state index contributed by atoms with van der Waals surface area (Å²) >= 11 is 0. The fraction of sp³-hybridized carbons (Fsp3) is 0.500. The zero-order chi connectivity index (χ0) is 11.9. The number of halogens is 1. The van der Waals surface area contributed by atoms with E-state index in [0.29, 0.717) is 11.3 Å². The lowest BCUT2D eigenvalue weighted by molar-refractivity contribution is 0.332. The summed E-state index contributed by atoms with van der Waals surface area (Å²) in [6, 6.07) is 1.75. The van der Waals surface area contributed by atoms with E-state index in [0.717, 1.165) is 18.4 Å². The van der Waals surface area contributed by atoms with Gasteiger partial charge in [0.1, 0.15) is 0 Å². The predicted octanol–water partition coefficient (Wildman–Crippen LogP) is 2.10. The first-order valence-corrected chi connectivity index (χ1v) is 5.24. The number of nitrogens with two attached hydrogens (primary N) is 1. The molecule has 1 aromatic rings. The molecule has 0 bridgehead atoms. The van der Waals surface area contributed by atoms with Crippen LogP contribution < -0.4 is 15.2 Å². The first-order valence-electron chi connectivity index (χ1n) is 5.24. The van der Waals surface area contributed by atoms with Gasteiger partial charge in [-0.1, -0.05) is 0 Å². The van der Waals surface area contributed by atoms with Crippen molar-refractivity contribution in [3.63, 3.8) is 0 Å². The molecule has 0 radical (unpaired) electrons. The van der Waals surface area contributed by atoms with E-state index in [1.54, 1.807) is 6.07 Å². The topological polar surface area (TPSA) is 44.5 Å². The van der Waals surface area contributed by atoms with Gasteiger partial charge in [0.15, 0.2) is 17.3 Å². The van der Waals surface area contributed by atoms with E-state index in [9.17, 15) is 4.39 Å². The Hall–Kier alpha value is -1.29. The maximum atomic E-state index is 14.2. The van der Waals surface area contributed by atoms with Crippen molar-refractivity contribution >= 4 is 0 Å². The van der Waals surface area contributed by atoms with Gasteiger partial charge in [-0.25, -0.2) is 4.39 Å². The zero-order valence-electron chi connectivity index (χ0n) is 9.76. The average Bonchev–Trinajstić information content (AvgIpc) is 2.99. The van der Waals surface area contributed by atoms with E-state index in [-0.39, 0.29) is 5.75 Å². The molecule has 0 aromatic heterocycles. The molecule has 2 rings (SSSR count). The number of aryl methyl sites for hydroxylation is 1. The smallest absolute Gasteiger partial charge is 0.197 e. The molecule has 4 heteroatoms. The quantitative estimate of drug-likeness (QED) is 0.856. The second-order valence-corrected chi connectivity index (χ2v) is 4.28. The van der Waals surface area contributed by atoms with Crippen molar-refractivity contribution in [2.75, 3.05) is 14.2 Å². The minimum atomic E-state index is -0.506. The highest BCUT2D eigenvalue weighted by atomic mass is 19.1. The Morgan fingerprint density at radius 1 is 1.25 bits per heavy atom. The summed E-state index contributed by atoms with van der Waals surface area (Å²) in [7, 11) is 2.93. The summed E-state index contributed by atoms with van der Waals surface area (Å²) in [5.41, 5.74) is 6.88. The predicted molar refractivity (Wildman–Crippen MR) is 59.3 cm³/mol. The van der Waals surface area contributed by atoms with Gasteiger partial charge in [-0.3, -0.25) is 0 Å². The molecule has 0 aliphatic heterocycles. The van der Waals surface area contributed by atoms with Crippen LogP contribution in [0.15, 0.2) is 6.07 Å². The van der Waals surface area contributed by atoms with Crippen LogP contribution in [0.2, 0.25) is 0 Å². The van der Waals surface area contributed by atoms with Gasteiger partial charge in [-0.2, -0.15) is 0 Å². The lowest BCUT2D eigenvalue weighted by Crippen LogP contribution is -2.21. The average molecular weight is 225 g/mol. The molecule has 3 nitrogen and oxygen atoms in total. The van der Waals surface area contributed by atoms with Crippen LogP contribution in [0.5, 0.6) is 11.5 Å². The molecular weight excluding hydrogens is 209 g/mol. The number of hydrogen-bond acceptors (Lipinski definition) is 3. The molecule has 0 amide bonds. The van der Waals surface area contributed by atoms with Crippen LogP contribution in [-0.4, -0.2) is 14.2 Å². The third kappa shape index (κ3) is 1.53. The van der Waals surface area contributed by atoms with Crippen LogP contribution in [0.1, 0.15) is 24.0 Å². The highest BCUT2D eigenvalue weighted by Gasteiger charge is 2.43. The molecule has 0 heterocycles. The molecule has 1 fully saturated rings. The molecule has 0 atom stereocenters. The molecule has 1 aromatic carbocycles. The Morgan fingerprint density at radius 3 is 2.25 bits per heavy atom. The minimum absolute atomic E-state index is 0.147. The molecule has 0 unspecified atom stereocenters. The number of hydrogen-bond donors (Lipinski definition) is 1. The van der Waals surface area contributed by atoms with Crippen LogP contribution in [0, 0.1) is 12.7 Å². The van der Waals surface area contributed by atoms with Crippen molar-refractivity contribution in [1.82, 2.24) is 0 Å². The van der Waals surface area contributed by atoms with Crippen molar-refractivity contribution in [2.45, 2.75) is 25.3 Å². The van der Waals surface area contributed by atoms with Crippen molar-refractivity contribution in [3.05, 3.63) is 23.0 Å². The van der Waals surface area contributed by atoms with E-state index in [2.05, 4.69) is 0 Å². The van der Waals surface area contributed by atoms with Crippen LogP contribution in [-0.2, 0) is 5.54 Å². The molecule has 0 spiro atoms. The summed E-state index contributed by atoms with van der Waals surface area (Å²) in [5, 5.41) is 0. The first-order chi connectivity index (χ1) is 7.53. The standard InChI is InChI=1S/C12H16FNO2/c1-7-6-8(12(14)4-5-12)9(13)11(16-3)10(7)15-2/h6H,4-5,14H2,1-3H3. The third-order valence-electron chi connectivity index (χ3n) is 3.09. The Morgan fingerprint density at radius 2 is 1.81 bits per heavy atom. The second kappa shape index (κ2) is 3.63. The van der Waals surface area contributed by atoms with Crippen molar-refractivity contribution in [2.24, 2.45) is 5.73 Å². The summed E-state index contributed by atoms with van der Waals surface area (Å²) in [5.74, 6) is 0.187. The molecule has 88 valence electrons. The van der Waals surface area contributed by atoms with E-state index in [1.165, 1.54) is 14.2 Å². The lowest BCUT2D eigenvalue weighted by atomic mass is 10.0.